The van der Waals surface area contributed by atoms with Gasteiger partial charge < -0.3 is 5.73 Å². The molecule has 1 aromatic rings. The van der Waals surface area contributed by atoms with E-state index in [4.69, 9.17) is 11.1 Å². The minimum atomic E-state index is 0.145. The fourth-order valence-electron chi connectivity index (χ4n) is 2.70. The summed E-state index contributed by atoms with van der Waals surface area (Å²) in [6, 6.07) is 6.09. The third-order valence-electron chi connectivity index (χ3n) is 3.54. The van der Waals surface area contributed by atoms with Crippen LogP contribution in [0.1, 0.15) is 30.5 Å². The molecule has 1 aromatic carbocycles. The van der Waals surface area contributed by atoms with E-state index >= 15 is 0 Å². The van der Waals surface area contributed by atoms with E-state index in [0.717, 1.165) is 25.2 Å². The molecule has 3 N–H and O–H groups in total. The zero-order chi connectivity index (χ0) is 14.0. The van der Waals surface area contributed by atoms with Crippen molar-refractivity contribution >= 4 is 17.6 Å². The van der Waals surface area contributed by atoms with E-state index in [1.54, 1.807) is 0 Å². The van der Waals surface area contributed by atoms with Gasteiger partial charge in [0, 0.05) is 35.7 Å². The fraction of sp³-hybridized carbons (Fsp3) is 0.533. The van der Waals surface area contributed by atoms with E-state index in [1.807, 2.05) is 12.1 Å². The van der Waals surface area contributed by atoms with E-state index in [1.165, 1.54) is 11.1 Å². The average Bonchev–Trinajstić information content (AvgIpc) is 2.30. The van der Waals surface area contributed by atoms with E-state index in [9.17, 15) is 0 Å². The Morgan fingerprint density at radius 1 is 1.37 bits per heavy atom. The van der Waals surface area contributed by atoms with Gasteiger partial charge in [-0.1, -0.05) is 26.0 Å². The predicted octanol–water partition coefficient (Wildman–Crippen LogP) is 2.60. The van der Waals surface area contributed by atoms with Gasteiger partial charge in [0.15, 0.2) is 0 Å². The Bertz CT molecular complexity index is 462. The first-order valence-electron chi connectivity index (χ1n) is 6.77. The van der Waals surface area contributed by atoms with E-state index in [0.29, 0.717) is 10.5 Å². The van der Waals surface area contributed by atoms with Gasteiger partial charge in [0.2, 0.25) is 0 Å². The van der Waals surface area contributed by atoms with Crippen molar-refractivity contribution in [1.29, 1.82) is 5.41 Å². The van der Waals surface area contributed by atoms with Crippen LogP contribution in [-0.2, 0) is 6.54 Å². The maximum atomic E-state index is 7.47. The van der Waals surface area contributed by atoms with Gasteiger partial charge in [-0.05, 0) is 24.1 Å². The van der Waals surface area contributed by atoms with Crippen LogP contribution in [-0.4, -0.2) is 34.3 Å². The van der Waals surface area contributed by atoms with E-state index < -0.39 is 0 Å². The summed E-state index contributed by atoms with van der Waals surface area (Å²) < 4.78 is 0. The molecule has 0 aliphatic carbocycles. The largest absolute Gasteiger partial charge is 0.384 e. The second-order valence-electron chi connectivity index (χ2n) is 5.51. The number of rotatable bonds is 3. The number of nitrogens with zero attached hydrogens (tertiary/aromatic N) is 1. The Morgan fingerprint density at radius 2 is 2.00 bits per heavy atom. The van der Waals surface area contributed by atoms with Crippen molar-refractivity contribution in [2.75, 3.05) is 13.1 Å². The minimum absolute atomic E-state index is 0.145. The molecule has 0 aromatic heterocycles. The highest BCUT2D eigenvalue weighted by molar-refractivity contribution is 8.00. The monoisotopic (exact) mass is 277 g/mol. The molecule has 0 radical (unpaired) electrons. The molecule has 0 saturated carbocycles. The summed E-state index contributed by atoms with van der Waals surface area (Å²) >= 11 is 2.08. The van der Waals surface area contributed by atoms with Crippen LogP contribution in [0.4, 0.5) is 0 Å². The van der Waals surface area contributed by atoms with Crippen molar-refractivity contribution in [3.8, 4) is 0 Å². The van der Waals surface area contributed by atoms with Gasteiger partial charge in [-0.15, -0.1) is 0 Å². The summed E-state index contributed by atoms with van der Waals surface area (Å²) in [6.07, 6.45) is 0. The highest BCUT2D eigenvalue weighted by atomic mass is 32.2. The Balaban J connectivity index is 2.08. The van der Waals surface area contributed by atoms with Gasteiger partial charge in [-0.25, -0.2) is 0 Å². The molecule has 1 aliphatic rings. The van der Waals surface area contributed by atoms with Crippen LogP contribution >= 0.6 is 11.8 Å². The molecule has 0 amide bonds. The van der Waals surface area contributed by atoms with Crippen LogP contribution in [0.2, 0.25) is 0 Å². The van der Waals surface area contributed by atoms with Crippen LogP contribution in [0, 0.1) is 12.3 Å². The van der Waals surface area contributed by atoms with Crippen molar-refractivity contribution < 1.29 is 0 Å². The van der Waals surface area contributed by atoms with Crippen molar-refractivity contribution in [2.45, 2.75) is 37.8 Å². The molecule has 1 heterocycles. The molecule has 2 rings (SSSR count). The molecule has 1 saturated heterocycles. The average molecular weight is 277 g/mol. The van der Waals surface area contributed by atoms with Crippen LogP contribution in [0.3, 0.4) is 0 Å². The third-order valence-corrected chi connectivity index (χ3v) is 4.77. The normalized spacial score (nSPS) is 24.4. The molecular formula is C15H23N3S. The minimum Gasteiger partial charge on any atom is -0.384 e. The summed E-state index contributed by atoms with van der Waals surface area (Å²) in [4.78, 5) is 2.53. The van der Waals surface area contributed by atoms with Crippen LogP contribution in [0.15, 0.2) is 18.2 Å². The number of amidine groups is 1. The van der Waals surface area contributed by atoms with Crippen molar-refractivity contribution in [3.05, 3.63) is 34.9 Å². The molecule has 2 atom stereocenters. The number of benzene rings is 1. The predicted molar refractivity (Wildman–Crippen MR) is 84.0 cm³/mol. The maximum absolute atomic E-state index is 7.47. The maximum Gasteiger partial charge on any atom is 0.122 e. The summed E-state index contributed by atoms with van der Waals surface area (Å²) in [5, 5.41) is 8.89. The summed E-state index contributed by atoms with van der Waals surface area (Å²) in [7, 11) is 0. The number of thioether (sulfide) groups is 1. The van der Waals surface area contributed by atoms with Gasteiger partial charge in [0.1, 0.15) is 5.84 Å². The SMILES string of the molecule is Cc1cc(C(=N)N)ccc1CN1CC(C)SC(C)C1. The van der Waals surface area contributed by atoms with Gasteiger partial charge in [0.05, 0.1) is 0 Å². The second-order valence-corrected chi connectivity index (χ2v) is 7.39. The van der Waals surface area contributed by atoms with Crippen molar-refractivity contribution in [1.82, 2.24) is 4.90 Å². The Kier molecular flexibility index (Phi) is 4.53. The molecule has 1 fully saturated rings. The Morgan fingerprint density at radius 3 is 2.53 bits per heavy atom. The molecular weight excluding hydrogens is 254 g/mol. The van der Waals surface area contributed by atoms with Crippen molar-refractivity contribution in [2.24, 2.45) is 5.73 Å². The molecule has 104 valence electrons. The molecule has 3 nitrogen and oxygen atoms in total. The van der Waals surface area contributed by atoms with Crippen LogP contribution in [0.25, 0.3) is 0 Å². The molecule has 0 bridgehead atoms. The first-order chi connectivity index (χ1) is 8.95. The van der Waals surface area contributed by atoms with Gasteiger partial charge >= 0.3 is 0 Å². The molecule has 0 spiro atoms. The van der Waals surface area contributed by atoms with Crippen molar-refractivity contribution in [3.63, 3.8) is 0 Å². The standard InChI is InChI=1S/C15H23N3S/c1-10-6-13(15(16)17)4-5-14(10)9-18-7-11(2)19-12(3)8-18/h4-6,11-12H,7-9H2,1-3H3,(H3,16,17). The summed E-state index contributed by atoms with van der Waals surface area (Å²) in [6.45, 7) is 10.0. The highest BCUT2D eigenvalue weighted by Crippen LogP contribution is 2.26. The Labute approximate surface area is 120 Å². The lowest BCUT2D eigenvalue weighted by Crippen LogP contribution is -2.39. The first-order valence-corrected chi connectivity index (χ1v) is 7.71. The zero-order valence-electron chi connectivity index (χ0n) is 11.9. The number of aryl methyl sites for hydroxylation is 1. The molecule has 1 aliphatic heterocycles. The molecule has 2 unspecified atom stereocenters. The number of hydrogen-bond acceptors (Lipinski definition) is 3. The Hall–Kier alpha value is -1.000. The number of nitrogens with two attached hydrogens (primary N) is 1. The summed E-state index contributed by atoms with van der Waals surface area (Å²) in [5.74, 6) is 0.145. The van der Waals surface area contributed by atoms with Gasteiger partial charge in [-0.2, -0.15) is 11.8 Å². The second kappa shape index (κ2) is 5.97. The van der Waals surface area contributed by atoms with Crippen LogP contribution < -0.4 is 5.73 Å². The molecule has 4 heteroatoms. The molecule has 19 heavy (non-hydrogen) atoms. The quantitative estimate of drug-likeness (QED) is 0.659. The highest BCUT2D eigenvalue weighted by Gasteiger charge is 2.22. The van der Waals surface area contributed by atoms with E-state index in [2.05, 4.69) is 43.5 Å². The lowest BCUT2D eigenvalue weighted by molar-refractivity contribution is 0.262. The number of nitrogen functional groups attached to an aromatic ring is 1. The topological polar surface area (TPSA) is 53.1 Å². The van der Waals surface area contributed by atoms with Gasteiger partial charge in [0.25, 0.3) is 0 Å². The smallest absolute Gasteiger partial charge is 0.122 e. The summed E-state index contributed by atoms with van der Waals surface area (Å²) in [5.41, 5.74) is 8.91. The first kappa shape index (κ1) is 14.4. The van der Waals surface area contributed by atoms with E-state index in [-0.39, 0.29) is 5.84 Å². The zero-order valence-corrected chi connectivity index (χ0v) is 12.8. The third kappa shape index (κ3) is 3.74. The van der Waals surface area contributed by atoms with Gasteiger partial charge in [-0.3, -0.25) is 10.3 Å². The van der Waals surface area contributed by atoms with Crippen LogP contribution in [0.5, 0.6) is 0 Å². The lowest BCUT2D eigenvalue weighted by atomic mass is 10.0. The number of hydrogen-bond donors (Lipinski definition) is 2. The fourth-order valence-corrected chi connectivity index (χ4v) is 4.08. The number of nitrogens with one attached hydrogen (secondary N) is 1. The lowest BCUT2D eigenvalue weighted by Gasteiger charge is -2.34.